The molecule has 6 rings (SSSR count). The standard InChI is InChI=1S/C22H16N6O3/c1-10-7-8-13-12(9-10)22(20(30)23-13)14-16(11-5-3-2-4-6-11)27-28-18(14)24-17-15(22)19(29)26-21(31)25-17/h2-9H,1H3,(H,23,30)(H4,24,25,26,27,28,29,31). The second-order valence-electron chi connectivity index (χ2n) is 7.72. The van der Waals surface area contributed by atoms with Crippen molar-refractivity contribution in [2.75, 3.05) is 10.6 Å². The molecule has 2 aromatic carbocycles. The minimum Gasteiger partial charge on any atom is -0.324 e. The Morgan fingerprint density at radius 2 is 1.71 bits per heavy atom. The highest BCUT2D eigenvalue weighted by Gasteiger charge is 2.58. The first-order chi connectivity index (χ1) is 15.0. The maximum absolute atomic E-state index is 13.7. The number of nitrogens with zero attached hydrogens (tertiary/aromatic N) is 1. The Hall–Kier alpha value is -4.40. The Kier molecular flexibility index (Phi) is 3.28. The van der Waals surface area contributed by atoms with Gasteiger partial charge in [-0.25, -0.2) is 4.79 Å². The Morgan fingerprint density at radius 3 is 2.52 bits per heavy atom. The lowest BCUT2D eigenvalue weighted by atomic mass is 9.68. The number of benzene rings is 2. The molecule has 9 nitrogen and oxygen atoms in total. The number of aromatic amines is 3. The summed E-state index contributed by atoms with van der Waals surface area (Å²) >= 11 is 0. The molecule has 4 aromatic rings. The van der Waals surface area contributed by atoms with Gasteiger partial charge in [0.15, 0.2) is 5.82 Å². The van der Waals surface area contributed by atoms with Gasteiger partial charge in [0.1, 0.15) is 11.2 Å². The summed E-state index contributed by atoms with van der Waals surface area (Å²) in [6.45, 7) is 1.92. The van der Waals surface area contributed by atoms with Crippen LogP contribution in [-0.2, 0) is 10.2 Å². The highest BCUT2D eigenvalue weighted by molar-refractivity contribution is 6.14. The maximum atomic E-state index is 13.7. The average molecular weight is 412 g/mol. The van der Waals surface area contributed by atoms with E-state index in [-0.39, 0.29) is 17.3 Å². The minimum absolute atomic E-state index is 0.125. The smallest absolute Gasteiger partial charge is 0.324 e. The molecule has 2 aromatic heterocycles. The van der Waals surface area contributed by atoms with Gasteiger partial charge >= 0.3 is 5.69 Å². The number of amides is 1. The summed E-state index contributed by atoms with van der Waals surface area (Å²) in [5.41, 5.74) is 1.47. The molecule has 2 aliphatic rings. The van der Waals surface area contributed by atoms with E-state index < -0.39 is 16.7 Å². The fourth-order valence-corrected chi connectivity index (χ4v) is 4.70. The number of fused-ring (bicyclic) bond motifs is 6. The van der Waals surface area contributed by atoms with Crippen LogP contribution >= 0.6 is 0 Å². The second-order valence-corrected chi connectivity index (χ2v) is 7.72. The van der Waals surface area contributed by atoms with Gasteiger partial charge in [-0.15, -0.1) is 0 Å². The van der Waals surface area contributed by atoms with E-state index in [0.29, 0.717) is 28.3 Å². The summed E-state index contributed by atoms with van der Waals surface area (Å²) < 4.78 is 0. The van der Waals surface area contributed by atoms with Crippen molar-refractivity contribution >= 4 is 23.2 Å². The highest BCUT2D eigenvalue weighted by atomic mass is 16.2. The zero-order chi connectivity index (χ0) is 21.3. The number of nitrogens with one attached hydrogen (secondary N) is 5. The third kappa shape index (κ3) is 2.14. The Labute approximate surface area is 174 Å². The number of anilines is 3. The van der Waals surface area contributed by atoms with Crippen LogP contribution in [0.1, 0.15) is 22.3 Å². The van der Waals surface area contributed by atoms with Crippen LogP contribution in [0, 0.1) is 6.92 Å². The van der Waals surface area contributed by atoms with E-state index in [9.17, 15) is 14.4 Å². The molecule has 2 aliphatic heterocycles. The van der Waals surface area contributed by atoms with Crippen molar-refractivity contribution in [1.82, 2.24) is 20.2 Å². The average Bonchev–Trinajstić information content (AvgIpc) is 3.28. The van der Waals surface area contributed by atoms with Crippen LogP contribution in [-0.4, -0.2) is 26.1 Å². The fourth-order valence-electron chi connectivity index (χ4n) is 4.70. The quantitative estimate of drug-likeness (QED) is 0.326. The number of H-pyrrole nitrogens is 3. The van der Waals surface area contributed by atoms with E-state index in [0.717, 1.165) is 11.1 Å². The van der Waals surface area contributed by atoms with Gasteiger partial charge in [0.25, 0.3) is 5.56 Å². The van der Waals surface area contributed by atoms with Gasteiger partial charge in [-0.3, -0.25) is 24.7 Å². The van der Waals surface area contributed by atoms with Crippen molar-refractivity contribution in [2.24, 2.45) is 0 Å². The summed E-state index contributed by atoms with van der Waals surface area (Å²) in [4.78, 5) is 43.8. The van der Waals surface area contributed by atoms with E-state index >= 15 is 0 Å². The molecule has 9 heteroatoms. The fraction of sp³-hybridized carbons (Fsp3) is 0.0909. The number of rotatable bonds is 1. The van der Waals surface area contributed by atoms with E-state index in [4.69, 9.17) is 0 Å². The molecule has 5 N–H and O–H groups in total. The van der Waals surface area contributed by atoms with E-state index in [2.05, 4.69) is 30.8 Å². The van der Waals surface area contributed by atoms with Crippen LogP contribution in [0.15, 0.2) is 58.1 Å². The molecule has 1 atom stereocenters. The number of carbonyl (C=O) groups excluding carboxylic acids is 1. The number of aryl methyl sites for hydroxylation is 1. The predicted octanol–water partition coefficient (Wildman–Crippen LogP) is 2.11. The van der Waals surface area contributed by atoms with Gasteiger partial charge in [0.2, 0.25) is 5.91 Å². The van der Waals surface area contributed by atoms with Gasteiger partial charge < -0.3 is 10.6 Å². The Morgan fingerprint density at radius 1 is 0.903 bits per heavy atom. The summed E-state index contributed by atoms with van der Waals surface area (Å²) in [5.74, 6) is 0.141. The molecule has 0 saturated heterocycles. The van der Waals surface area contributed by atoms with Crippen molar-refractivity contribution in [1.29, 1.82) is 0 Å². The molecule has 0 bridgehead atoms. The maximum Gasteiger partial charge on any atom is 0.327 e. The molecule has 0 radical (unpaired) electrons. The second kappa shape index (κ2) is 5.82. The number of carbonyl (C=O) groups is 1. The molecule has 4 heterocycles. The van der Waals surface area contributed by atoms with Gasteiger partial charge in [-0.2, -0.15) is 5.10 Å². The Balaban J connectivity index is 1.81. The van der Waals surface area contributed by atoms with Crippen LogP contribution < -0.4 is 21.9 Å². The van der Waals surface area contributed by atoms with Crippen LogP contribution in [0.25, 0.3) is 11.3 Å². The zero-order valence-corrected chi connectivity index (χ0v) is 16.3. The molecule has 1 spiro atoms. The lowest BCUT2D eigenvalue weighted by Gasteiger charge is -2.33. The molecule has 152 valence electrons. The normalized spacial score (nSPS) is 18.2. The van der Waals surface area contributed by atoms with E-state index in [1.54, 1.807) is 0 Å². The summed E-state index contributed by atoms with van der Waals surface area (Å²) in [5, 5.41) is 13.4. The number of aromatic nitrogens is 4. The van der Waals surface area contributed by atoms with Crippen LogP contribution in [0.2, 0.25) is 0 Å². The third-order valence-corrected chi connectivity index (χ3v) is 5.93. The number of hydrogen-bond donors (Lipinski definition) is 5. The molecule has 0 saturated carbocycles. The first-order valence-corrected chi connectivity index (χ1v) is 9.71. The topological polar surface area (TPSA) is 136 Å². The van der Waals surface area contributed by atoms with Crippen LogP contribution in [0.5, 0.6) is 0 Å². The van der Waals surface area contributed by atoms with Crippen LogP contribution in [0.4, 0.5) is 17.3 Å². The number of hydrogen-bond acceptors (Lipinski definition) is 5. The van der Waals surface area contributed by atoms with Crippen molar-refractivity contribution in [2.45, 2.75) is 12.3 Å². The van der Waals surface area contributed by atoms with Crippen molar-refractivity contribution < 1.29 is 4.79 Å². The minimum atomic E-state index is -1.49. The van der Waals surface area contributed by atoms with E-state index in [1.807, 2.05) is 55.5 Å². The van der Waals surface area contributed by atoms with Crippen molar-refractivity contribution in [3.8, 4) is 11.3 Å². The monoisotopic (exact) mass is 412 g/mol. The molecular formula is C22H16N6O3. The summed E-state index contributed by atoms with van der Waals surface area (Å²) in [6, 6.07) is 15.1. The van der Waals surface area contributed by atoms with Gasteiger partial charge in [-0.1, -0.05) is 48.0 Å². The molecular weight excluding hydrogens is 396 g/mol. The summed E-state index contributed by atoms with van der Waals surface area (Å²) in [7, 11) is 0. The third-order valence-electron chi connectivity index (χ3n) is 5.93. The largest absolute Gasteiger partial charge is 0.327 e. The zero-order valence-electron chi connectivity index (χ0n) is 16.3. The molecule has 1 unspecified atom stereocenters. The first-order valence-electron chi connectivity index (χ1n) is 9.71. The lowest BCUT2D eigenvalue weighted by molar-refractivity contribution is -0.118. The molecule has 1 amide bonds. The lowest BCUT2D eigenvalue weighted by Crippen LogP contribution is -2.46. The molecule has 0 aliphatic carbocycles. The van der Waals surface area contributed by atoms with Gasteiger partial charge in [0.05, 0.1) is 11.3 Å². The van der Waals surface area contributed by atoms with Crippen molar-refractivity contribution in [3.05, 3.63) is 91.6 Å². The van der Waals surface area contributed by atoms with Crippen LogP contribution in [0.3, 0.4) is 0 Å². The molecule has 31 heavy (non-hydrogen) atoms. The summed E-state index contributed by atoms with van der Waals surface area (Å²) in [6.07, 6.45) is 0. The Bertz CT molecular complexity index is 1510. The van der Waals surface area contributed by atoms with Gasteiger partial charge in [0, 0.05) is 16.8 Å². The van der Waals surface area contributed by atoms with Crippen molar-refractivity contribution in [3.63, 3.8) is 0 Å². The SMILES string of the molecule is Cc1ccc2c(c1)C1(C(=O)N2)c2c(n[nH]c2-c2ccccc2)Nc2[nH]c(=O)[nH]c(=O)c21. The van der Waals surface area contributed by atoms with Gasteiger partial charge in [-0.05, 0) is 18.6 Å². The van der Waals surface area contributed by atoms with E-state index in [1.165, 1.54) is 0 Å². The highest BCUT2D eigenvalue weighted by Crippen LogP contribution is 2.55. The first kappa shape index (κ1) is 17.5. The molecule has 0 fully saturated rings. The predicted molar refractivity (Wildman–Crippen MR) is 115 cm³/mol.